The number of carbonyl (C=O) groups excluding carboxylic acids is 1. The summed E-state index contributed by atoms with van der Waals surface area (Å²) in [5.74, 6) is -0.0510. The van der Waals surface area contributed by atoms with E-state index in [2.05, 4.69) is 22.2 Å². The third-order valence-corrected chi connectivity index (χ3v) is 3.65. The SMILES string of the molecule is CN1CCOC(CNC(=O)c2ccc3[nH]ccc3c2)C1. The van der Waals surface area contributed by atoms with E-state index in [1.54, 1.807) is 0 Å². The van der Waals surface area contributed by atoms with Gasteiger partial charge < -0.3 is 19.9 Å². The van der Waals surface area contributed by atoms with Gasteiger partial charge in [-0.25, -0.2) is 0 Å². The van der Waals surface area contributed by atoms with E-state index in [0.717, 1.165) is 30.6 Å². The predicted octanol–water partition coefficient (Wildman–Crippen LogP) is 1.23. The standard InChI is InChI=1S/C15H19N3O2/c1-18-6-7-20-13(10-18)9-17-15(19)12-2-3-14-11(8-12)4-5-16-14/h2-5,8,13,16H,6-7,9-10H2,1H3,(H,17,19). The molecule has 0 bridgehead atoms. The van der Waals surface area contributed by atoms with Crippen LogP contribution in [0.4, 0.5) is 0 Å². The molecule has 2 N–H and O–H groups in total. The molecule has 2 aromatic rings. The summed E-state index contributed by atoms with van der Waals surface area (Å²) < 4.78 is 5.63. The van der Waals surface area contributed by atoms with Crippen molar-refractivity contribution >= 4 is 16.8 Å². The molecule has 5 nitrogen and oxygen atoms in total. The van der Waals surface area contributed by atoms with Gasteiger partial charge in [0.25, 0.3) is 5.91 Å². The van der Waals surface area contributed by atoms with E-state index >= 15 is 0 Å². The van der Waals surface area contributed by atoms with Crippen LogP contribution in [0.15, 0.2) is 30.5 Å². The van der Waals surface area contributed by atoms with E-state index in [1.807, 2.05) is 30.5 Å². The summed E-state index contributed by atoms with van der Waals surface area (Å²) in [5, 5.41) is 3.99. The van der Waals surface area contributed by atoms with Crippen molar-refractivity contribution in [3.63, 3.8) is 0 Å². The fraction of sp³-hybridized carbons (Fsp3) is 0.400. The normalized spacial score (nSPS) is 20.1. The molecule has 1 aliphatic rings. The number of aromatic amines is 1. The highest BCUT2D eigenvalue weighted by atomic mass is 16.5. The van der Waals surface area contributed by atoms with Crippen molar-refractivity contribution in [2.45, 2.75) is 6.10 Å². The Morgan fingerprint density at radius 2 is 2.40 bits per heavy atom. The first-order valence-corrected chi connectivity index (χ1v) is 6.88. The molecule has 1 aliphatic heterocycles. The molecule has 1 aromatic carbocycles. The molecule has 2 heterocycles. The number of benzene rings is 1. The lowest BCUT2D eigenvalue weighted by molar-refractivity contribution is -0.0175. The summed E-state index contributed by atoms with van der Waals surface area (Å²) in [6.45, 7) is 3.09. The first-order chi connectivity index (χ1) is 9.72. The molecule has 0 aliphatic carbocycles. The monoisotopic (exact) mass is 273 g/mol. The Kier molecular flexibility index (Phi) is 3.71. The second-order valence-corrected chi connectivity index (χ2v) is 5.24. The maximum absolute atomic E-state index is 12.1. The van der Waals surface area contributed by atoms with Crippen LogP contribution in [0, 0.1) is 0 Å². The number of likely N-dealkylation sites (N-methyl/N-ethyl adjacent to an activating group) is 1. The number of carbonyl (C=O) groups is 1. The smallest absolute Gasteiger partial charge is 0.251 e. The number of nitrogens with one attached hydrogen (secondary N) is 2. The minimum Gasteiger partial charge on any atom is -0.374 e. The molecule has 0 radical (unpaired) electrons. The second-order valence-electron chi connectivity index (χ2n) is 5.24. The van der Waals surface area contributed by atoms with Crippen LogP contribution >= 0.6 is 0 Å². The topological polar surface area (TPSA) is 57.4 Å². The van der Waals surface area contributed by atoms with Gasteiger partial charge in [0.15, 0.2) is 0 Å². The zero-order chi connectivity index (χ0) is 13.9. The molecule has 1 saturated heterocycles. The summed E-state index contributed by atoms with van der Waals surface area (Å²) in [6.07, 6.45) is 1.95. The molecule has 5 heteroatoms. The lowest BCUT2D eigenvalue weighted by Crippen LogP contribution is -2.45. The number of ether oxygens (including phenoxy) is 1. The van der Waals surface area contributed by atoms with E-state index in [0.29, 0.717) is 12.1 Å². The average Bonchev–Trinajstić information content (AvgIpc) is 2.92. The number of amides is 1. The lowest BCUT2D eigenvalue weighted by atomic mass is 10.1. The Bertz CT molecular complexity index is 608. The number of hydrogen-bond donors (Lipinski definition) is 2. The maximum atomic E-state index is 12.1. The number of fused-ring (bicyclic) bond motifs is 1. The Morgan fingerprint density at radius 1 is 1.50 bits per heavy atom. The van der Waals surface area contributed by atoms with Gasteiger partial charge in [-0.15, -0.1) is 0 Å². The largest absolute Gasteiger partial charge is 0.374 e. The zero-order valence-corrected chi connectivity index (χ0v) is 11.6. The third kappa shape index (κ3) is 2.84. The number of morpholine rings is 1. The zero-order valence-electron chi connectivity index (χ0n) is 11.6. The highest BCUT2D eigenvalue weighted by molar-refractivity contribution is 5.98. The molecule has 1 fully saturated rings. The van der Waals surface area contributed by atoms with Crippen LogP contribution in [-0.2, 0) is 4.74 Å². The van der Waals surface area contributed by atoms with Gasteiger partial charge >= 0.3 is 0 Å². The van der Waals surface area contributed by atoms with Crippen LogP contribution < -0.4 is 5.32 Å². The molecule has 3 rings (SSSR count). The molecular formula is C15H19N3O2. The summed E-state index contributed by atoms with van der Waals surface area (Å²) >= 11 is 0. The molecule has 1 unspecified atom stereocenters. The molecule has 0 spiro atoms. The van der Waals surface area contributed by atoms with Crippen molar-refractivity contribution in [3.05, 3.63) is 36.0 Å². The van der Waals surface area contributed by atoms with Crippen molar-refractivity contribution in [3.8, 4) is 0 Å². The van der Waals surface area contributed by atoms with E-state index in [-0.39, 0.29) is 12.0 Å². The summed E-state index contributed by atoms with van der Waals surface area (Å²) in [4.78, 5) is 17.5. The van der Waals surface area contributed by atoms with Gasteiger partial charge in [0.2, 0.25) is 0 Å². The van der Waals surface area contributed by atoms with Crippen LogP contribution in [0.3, 0.4) is 0 Å². The van der Waals surface area contributed by atoms with E-state index < -0.39 is 0 Å². The highest BCUT2D eigenvalue weighted by Crippen LogP contribution is 2.14. The van der Waals surface area contributed by atoms with Crippen LogP contribution in [0.1, 0.15) is 10.4 Å². The van der Waals surface area contributed by atoms with Crippen molar-refractivity contribution in [2.24, 2.45) is 0 Å². The molecular weight excluding hydrogens is 254 g/mol. The maximum Gasteiger partial charge on any atom is 0.251 e. The van der Waals surface area contributed by atoms with Crippen molar-refractivity contribution < 1.29 is 9.53 Å². The minimum atomic E-state index is -0.0510. The summed E-state index contributed by atoms with van der Waals surface area (Å²) in [6, 6.07) is 7.62. The van der Waals surface area contributed by atoms with E-state index in [1.165, 1.54) is 0 Å². The number of rotatable bonds is 3. The Morgan fingerprint density at radius 3 is 3.25 bits per heavy atom. The first kappa shape index (κ1) is 13.1. The molecule has 106 valence electrons. The number of hydrogen-bond acceptors (Lipinski definition) is 3. The molecule has 0 saturated carbocycles. The molecule has 1 amide bonds. The van der Waals surface area contributed by atoms with Gasteiger partial charge in [0.05, 0.1) is 12.7 Å². The minimum absolute atomic E-state index is 0.0510. The number of nitrogens with zero attached hydrogens (tertiary/aromatic N) is 1. The molecule has 1 aromatic heterocycles. The Labute approximate surface area is 117 Å². The van der Waals surface area contributed by atoms with Crippen molar-refractivity contribution in [1.29, 1.82) is 0 Å². The van der Waals surface area contributed by atoms with Crippen LogP contribution in [0.5, 0.6) is 0 Å². The third-order valence-electron chi connectivity index (χ3n) is 3.65. The van der Waals surface area contributed by atoms with Gasteiger partial charge in [-0.3, -0.25) is 4.79 Å². The van der Waals surface area contributed by atoms with Gasteiger partial charge in [-0.05, 0) is 31.3 Å². The fourth-order valence-electron chi connectivity index (χ4n) is 2.49. The summed E-state index contributed by atoms with van der Waals surface area (Å²) in [5.41, 5.74) is 1.72. The molecule has 20 heavy (non-hydrogen) atoms. The van der Waals surface area contributed by atoms with Crippen LogP contribution in [-0.4, -0.2) is 55.2 Å². The van der Waals surface area contributed by atoms with Gasteiger partial charge in [0, 0.05) is 42.3 Å². The van der Waals surface area contributed by atoms with Crippen molar-refractivity contribution in [2.75, 3.05) is 33.3 Å². The highest BCUT2D eigenvalue weighted by Gasteiger charge is 2.18. The van der Waals surface area contributed by atoms with Gasteiger partial charge in [-0.1, -0.05) is 0 Å². The lowest BCUT2D eigenvalue weighted by Gasteiger charge is -2.30. The second kappa shape index (κ2) is 5.64. The van der Waals surface area contributed by atoms with Crippen LogP contribution in [0.25, 0.3) is 10.9 Å². The van der Waals surface area contributed by atoms with E-state index in [4.69, 9.17) is 4.74 Å². The molecule has 1 atom stereocenters. The summed E-state index contributed by atoms with van der Waals surface area (Å²) in [7, 11) is 2.07. The van der Waals surface area contributed by atoms with Crippen molar-refractivity contribution in [1.82, 2.24) is 15.2 Å². The van der Waals surface area contributed by atoms with Gasteiger partial charge in [-0.2, -0.15) is 0 Å². The fourth-order valence-corrected chi connectivity index (χ4v) is 2.49. The average molecular weight is 273 g/mol. The number of H-pyrrole nitrogens is 1. The Hall–Kier alpha value is -1.85. The predicted molar refractivity (Wildman–Crippen MR) is 77.9 cm³/mol. The first-order valence-electron chi connectivity index (χ1n) is 6.88. The van der Waals surface area contributed by atoms with Gasteiger partial charge in [0.1, 0.15) is 0 Å². The Balaban J connectivity index is 1.60. The van der Waals surface area contributed by atoms with E-state index in [9.17, 15) is 4.79 Å². The number of aromatic nitrogens is 1. The quantitative estimate of drug-likeness (QED) is 0.884. The van der Waals surface area contributed by atoms with Crippen LogP contribution in [0.2, 0.25) is 0 Å².